The van der Waals surface area contributed by atoms with E-state index in [1.54, 1.807) is 12.1 Å². The normalized spacial score (nSPS) is 29.0. The molecule has 1 aromatic rings. The molecule has 5 rings (SSSR count). The molecule has 2 aliphatic carbocycles. The summed E-state index contributed by atoms with van der Waals surface area (Å²) in [6, 6.07) is 4.65. The van der Waals surface area contributed by atoms with Crippen molar-refractivity contribution in [1.29, 1.82) is 0 Å². The average molecular weight is 452 g/mol. The Balaban J connectivity index is 1.27. The number of nitrogens with one attached hydrogen (secondary N) is 2. The first-order chi connectivity index (χ1) is 16.0. The van der Waals surface area contributed by atoms with Crippen LogP contribution in [0.2, 0.25) is 0 Å². The van der Waals surface area contributed by atoms with Crippen molar-refractivity contribution in [2.45, 2.75) is 89.1 Å². The van der Waals surface area contributed by atoms with E-state index in [1.165, 1.54) is 51.4 Å². The maximum atomic E-state index is 13.3. The van der Waals surface area contributed by atoms with Crippen molar-refractivity contribution in [2.75, 3.05) is 5.32 Å². The summed E-state index contributed by atoms with van der Waals surface area (Å²) >= 11 is 0. The molecule has 0 spiro atoms. The van der Waals surface area contributed by atoms with E-state index >= 15 is 0 Å². The van der Waals surface area contributed by atoms with E-state index in [0.29, 0.717) is 16.8 Å². The lowest BCUT2D eigenvalue weighted by atomic mass is 9.75. The van der Waals surface area contributed by atoms with Gasteiger partial charge in [0, 0.05) is 18.2 Å². The summed E-state index contributed by atoms with van der Waals surface area (Å²) in [6.45, 7) is 0. The first kappa shape index (κ1) is 22.1. The monoisotopic (exact) mass is 451 g/mol. The number of imide groups is 2. The molecule has 3 fully saturated rings. The number of benzene rings is 1. The van der Waals surface area contributed by atoms with E-state index < -0.39 is 23.8 Å². The van der Waals surface area contributed by atoms with Gasteiger partial charge in [-0.1, -0.05) is 44.6 Å². The van der Waals surface area contributed by atoms with Gasteiger partial charge in [-0.2, -0.15) is 0 Å². The minimum absolute atomic E-state index is 0.124. The minimum Gasteiger partial charge on any atom is -0.382 e. The van der Waals surface area contributed by atoms with E-state index in [-0.39, 0.29) is 24.8 Å². The molecule has 4 amide bonds. The molecule has 7 heteroatoms. The topological polar surface area (TPSA) is 95.6 Å². The summed E-state index contributed by atoms with van der Waals surface area (Å²) in [5, 5.41) is 5.81. The van der Waals surface area contributed by atoms with Crippen LogP contribution in [0, 0.1) is 11.8 Å². The fraction of sp³-hybridized carbons (Fsp3) is 0.615. The third-order valence-corrected chi connectivity index (χ3v) is 8.17. The van der Waals surface area contributed by atoms with Crippen LogP contribution in [-0.4, -0.2) is 40.6 Å². The summed E-state index contributed by atoms with van der Waals surface area (Å²) in [5.74, 6) is -0.156. The highest BCUT2D eigenvalue weighted by Gasteiger charge is 2.45. The third kappa shape index (κ3) is 4.30. The number of anilines is 1. The summed E-state index contributed by atoms with van der Waals surface area (Å²) in [5.41, 5.74) is 1.37. The largest absolute Gasteiger partial charge is 0.382 e. The van der Waals surface area contributed by atoms with Gasteiger partial charge in [-0.05, 0) is 56.1 Å². The Bertz CT molecular complexity index is 958. The van der Waals surface area contributed by atoms with Crippen LogP contribution in [0.15, 0.2) is 18.2 Å². The molecule has 1 atom stereocenters. The summed E-state index contributed by atoms with van der Waals surface area (Å²) in [7, 11) is 0. The Hall–Kier alpha value is -2.70. The molecule has 0 bridgehead atoms. The van der Waals surface area contributed by atoms with Gasteiger partial charge in [-0.3, -0.25) is 29.4 Å². The minimum atomic E-state index is -0.932. The van der Waals surface area contributed by atoms with Crippen LogP contribution in [0.5, 0.6) is 0 Å². The number of carbonyl (C=O) groups is 4. The molecule has 0 aromatic heterocycles. The molecule has 1 unspecified atom stereocenters. The van der Waals surface area contributed by atoms with Crippen LogP contribution >= 0.6 is 0 Å². The molecule has 4 aliphatic rings. The van der Waals surface area contributed by atoms with Crippen LogP contribution in [0.1, 0.15) is 97.8 Å². The predicted octanol–water partition coefficient (Wildman–Crippen LogP) is 4.03. The number of hydrogen-bond donors (Lipinski definition) is 2. The second-order valence-corrected chi connectivity index (χ2v) is 10.2. The first-order valence-corrected chi connectivity index (χ1v) is 12.6. The standard InChI is InChI=1S/C26H33N3O4/c30-22-15-14-21(24(31)28-22)29-25(32)19-8-5-9-20(23(19)26(29)33)27-18-12-10-17(11-13-18)16-6-3-1-2-4-7-16/h5,8-9,16-18,21,27H,1-4,6-7,10-15H2,(H,28,30,31). The van der Waals surface area contributed by atoms with Crippen molar-refractivity contribution in [3.8, 4) is 0 Å². The zero-order valence-electron chi connectivity index (χ0n) is 19.1. The fourth-order valence-corrected chi connectivity index (χ4v) is 6.37. The second-order valence-electron chi connectivity index (χ2n) is 10.2. The van der Waals surface area contributed by atoms with Gasteiger partial charge in [-0.15, -0.1) is 0 Å². The fourth-order valence-electron chi connectivity index (χ4n) is 6.37. The predicted molar refractivity (Wildman–Crippen MR) is 124 cm³/mol. The van der Waals surface area contributed by atoms with Crippen LogP contribution in [-0.2, 0) is 9.59 Å². The number of nitrogens with zero attached hydrogens (tertiary/aromatic N) is 1. The van der Waals surface area contributed by atoms with Crippen molar-refractivity contribution in [1.82, 2.24) is 10.2 Å². The van der Waals surface area contributed by atoms with Crippen LogP contribution in [0.25, 0.3) is 0 Å². The Morgan fingerprint density at radius 3 is 2.18 bits per heavy atom. The molecule has 2 saturated carbocycles. The van der Waals surface area contributed by atoms with Gasteiger partial charge in [0.25, 0.3) is 11.8 Å². The highest BCUT2D eigenvalue weighted by Crippen LogP contribution is 2.39. The van der Waals surface area contributed by atoms with Crippen molar-refractivity contribution in [3.63, 3.8) is 0 Å². The number of amides is 4. The van der Waals surface area contributed by atoms with Gasteiger partial charge in [0.1, 0.15) is 6.04 Å². The molecular weight excluding hydrogens is 418 g/mol. The maximum Gasteiger partial charge on any atom is 0.264 e. The highest BCUT2D eigenvalue weighted by atomic mass is 16.2. The second kappa shape index (κ2) is 9.27. The maximum absolute atomic E-state index is 13.3. The van der Waals surface area contributed by atoms with E-state index in [1.807, 2.05) is 6.07 Å². The molecule has 1 aromatic carbocycles. The van der Waals surface area contributed by atoms with Crippen molar-refractivity contribution in [2.24, 2.45) is 11.8 Å². The summed E-state index contributed by atoms with van der Waals surface area (Å²) in [4.78, 5) is 51.2. The van der Waals surface area contributed by atoms with Gasteiger partial charge in [-0.25, -0.2) is 0 Å². The lowest BCUT2D eigenvalue weighted by Gasteiger charge is -2.34. The van der Waals surface area contributed by atoms with Gasteiger partial charge < -0.3 is 5.32 Å². The molecule has 33 heavy (non-hydrogen) atoms. The highest BCUT2D eigenvalue weighted by molar-refractivity contribution is 6.25. The van der Waals surface area contributed by atoms with Crippen molar-refractivity contribution < 1.29 is 19.2 Å². The smallest absolute Gasteiger partial charge is 0.264 e. The van der Waals surface area contributed by atoms with E-state index in [2.05, 4.69) is 10.6 Å². The van der Waals surface area contributed by atoms with Crippen LogP contribution in [0.3, 0.4) is 0 Å². The third-order valence-electron chi connectivity index (χ3n) is 8.17. The van der Waals surface area contributed by atoms with E-state index in [0.717, 1.165) is 29.6 Å². The number of carbonyl (C=O) groups excluding carboxylic acids is 4. The molecule has 2 N–H and O–H groups in total. The van der Waals surface area contributed by atoms with Gasteiger partial charge in [0.2, 0.25) is 11.8 Å². The van der Waals surface area contributed by atoms with Crippen molar-refractivity contribution >= 4 is 29.3 Å². The average Bonchev–Trinajstić information content (AvgIpc) is 2.98. The molecule has 0 radical (unpaired) electrons. The van der Waals surface area contributed by atoms with Gasteiger partial charge in [0.15, 0.2) is 0 Å². The molecule has 1 saturated heterocycles. The lowest BCUT2D eigenvalue weighted by molar-refractivity contribution is -0.136. The van der Waals surface area contributed by atoms with Crippen LogP contribution < -0.4 is 10.6 Å². The quantitative estimate of drug-likeness (QED) is 0.532. The Morgan fingerprint density at radius 2 is 1.48 bits per heavy atom. The van der Waals surface area contributed by atoms with Crippen LogP contribution in [0.4, 0.5) is 5.69 Å². The van der Waals surface area contributed by atoms with Crippen molar-refractivity contribution in [3.05, 3.63) is 29.3 Å². The SMILES string of the molecule is O=C1CCC(N2C(=O)c3cccc(NC4CCC(C5CCCCCC5)CC4)c3C2=O)C(=O)N1. The molecule has 2 heterocycles. The van der Waals surface area contributed by atoms with E-state index in [9.17, 15) is 19.2 Å². The first-order valence-electron chi connectivity index (χ1n) is 12.6. The zero-order valence-corrected chi connectivity index (χ0v) is 19.1. The molecule has 2 aliphatic heterocycles. The Morgan fingerprint density at radius 1 is 0.788 bits per heavy atom. The molecule has 176 valence electrons. The van der Waals surface area contributed by atoms with E-state index in [4.69, 9.17) is 0 Å². The molecular formula is C26H33N3O4. The summed E-state index contributed by atoms with van der Waals surface area (Å²) in [6.07, 6.45) is 13.1. The number of piperidine rings is 1. The Labute approximate surface area is 194 Å². The zero-order chi connectivity index (χ0) is 22.9. The summed E-state index contributed by atoms with van der Waals surface area (Å²) < 4.78 is 0. The number of fused-ring (bicyclic) bond motifs is 1. The number of hydrogen-bond acceptors (Lipinski definition) is 5. The molecule has 7 nitrogen and oxygen atoms in total. The Kier molecular flexibility index (Phi) is 6.21. The van der Waals surface area contributed by atoms with Gasteiger partial charge >= 0.3 is 0 Å². The lowest BCUT2D eigenvalue weighted by Crippen LogP contribution is -2.54. The van der Waals surface area contributed by atoms with Gasteiger partial charge in [0.05, 0.1) is 11.1 Å². The number of rotatable bonds is 4.